The number of rotatable bonds is 4. The second-order valence-corrected chi connectivity index (χ2v) is 8.07. The first kappa shape index (κ1) is 22.4. The highest BCUT2D eigenvalue weighted by Gasteiger charge is 2.45. The molecule has 1 unspecified atom stereocenters. The molecule has 0 bridgehead atoms. The summed E-state index contributed by atoms with van der Waals surface area (Å²) in [6.45, 7) is -2.83. The van der Waals surface area contributed by atoms with E-state index in [1.165, 1.54) is 16.7 Å². The standard InChI is InChI=1S/C19H13Cl3F5N3O/c20-9-2-5-13(12(22)8-9)29-6-1-7-30-15-10(16(19(25,26)27)31-17(23)24)3-4-11(21)14(15)28-18(29)30/h2-5,8,16-17H,1,6-7H2. The van der Waals surface area contributed by atoms with E-state index in [0.29, 0.717) is 35.2 Å². The van der Waals surface area contributed by atoms with Gasteiger partial charge in [-0.25, -0.2) is 4.98 Å². The maximum atomic E-state index is 13.6. The van der Waals surface area contributed by atoms with Gasteiger partial charge in [-0.3, -0.25) is 0 Å². The summed E-state index contributed by atoms with van der Waals surface area (Å²) in [5.74, 6) is 0.290. The van der Waals surface area contributed by atoms with Gasteiger partial charge < -0.3 is 14.2 Å². The number of alkyl halides is 5. The number of hydrogen-bond acceptors (Lipinski definition) is 3. The Bertz CT molecular complexity index is 1140. The van der Waals surface area contributed by atoms with E-state index in [0.717, 1.165) is 6.07 Å². The molecule has 0 radical (unpaired) electrons. The first-order valence-corrected chi connectivity index (χ1v) is 10.1. The van der Waals surface area contributed by atoms with Crippen LogP contribution in [0, 0.1) is 0 Å². The predicted molar refractivity (Wildman–Crippen MR) is 109 cm³/mol. The average molecular weight is 501 g/mol. The van der Waals surface area contributed by atoms with Crippen molar-refractivity contribution in [3.8, 4) is 0 Å². The Morgan fingerprint density at radius 3 is 2.39 bits per heavy atom. The van der Waals surface area contributed by atoms with E-state index in [9.17, 15) is 22.0 Å². The fourth-order valence-corrected chi connectivity index (χ4v) is 4.40. The molecule has 0 amide bonds. The molecule has 1 atom stereocenters. The molecule has 0 saturated heterocycles. The lowest BCUT2D eigenvalue weighted by atomic mass is 10.1. The quantitative estimate of drug-likeness (QED) is 0.350. The fraction of sp³-hybridized carbons (Fsp3) is 0.316. The van der Waals surface area contributed by atoms with Crippen molar-refractivity contribution in [2.45, 2.75) is 31.9 Å². The van der Waals surface area contributed by atoms with Gasteiger partial charge in [-0.05, 0) is 30.7 Å². The summed E-state index contributed by atoms with van der Waals surface area (Å²) in [4.78, 5) is 6.15. The molecule has 1 aromatic heterocycles. The van der Waals surface area contributed by atoms with Crippen molar-refractivity contribution in [2.75, 3.05) is 11.4 Å². The van der Waals surface area contributed by atoms with Crippen molar-refractivity contribution in [2.24, 2.45) is 0 Å². The molecule has 4 rings (SSSR count). The van der Waals surface area contributed by atoms with E-state index in [1.807, 2.05) is 0 Å². The Hall–Kier alpha value is -1.81. The lowest BCUT2D eigenvalue weighted by molar-refractivity contribution is -0.276. The highest BCUT2D eigenvalue weighted by atomic mass is 35.5. The van der Waals surface area contributed by atoms with Gasteiger partial charge in [0.1, 0.15) is 5.52 Å². The van der Waals surface area contributed by atoms with Gasteiger partial charge in [-0.2, -0.15) is 22.0 Å². The van der Waals surface area contributed by atoms with E-state index < -0.39 is 24.5 Å². The summed E-state index contributed by atoms with van der Waals surface area (Å²) in [6, 6.07) is 7.05. The van der Waals surface area contributed by atoms with Gasteiger partial charge in [0.2, 0.25) is 5.95 Å². The summed E-state index contributed by atoms with van der Waals surface area (Å²) in [5, 5.41) is 0.830. The zero-order chi connectivity index (χ0) is 22.5. The molecule has 1 aliphatic rings. The minimum absolute atomic E-state index is 0.0136. The lowest BCUT2D eigenvalue weighted by Gasteiger charge is -2.30. The molecule has 1 aliphatic heterocycles. The minimum Gasteiger partial charge on any atom is -0.310 e. The zero-order valence-corrected chi connectivity index (χ0v) is 17.7. The first-order valence-electron chi connectivity index (χ1n) is 8.99. The second kappa shape index (κ2) is 8.27. The Labute approximate surface area is 188 Å². The van der Waals surface area contributed by atoms with Crippen LogP contribution in [0.4, 0.5) is 33.6 Å². The normalized spacial score (nSPS) is 15.6. The number of fused-ring (bicyclic) bond motifs is 3. The average Bonchev–Trinajstić information content (AvgIpc) is 3.07. The lowest BCUT2D eigenvalue weighted by Crippen LogP contribution is -2.29. The summed E-state index contributed by atoms with van der Waals surface area (Å²) < 4.78 is 71.9. The number of benzene rings is 2. The van der Waals surface area contributed by atoms with Crippen LogP contribution in [0.25, 0.3) is 11.0 Å². The molecule has 31 heavy (non-hydrogen) atoms. The third-order valence-corrected chi connectivity index (χ3v) is 5.72. The van der Waals surface area contributed by atoms with Gasteiger partial charge in [0.05, 0.1) is 21.2 Å². The first-order chi connectivity index (χ1) is 14.6. The molecule has 4 nitrogen and oxygen atoms in total. The number of anilines is 2. The summed E-state index contributed by atoms with van der Waals surface area (Å²) >= 11 is 18.5. The number of imidazole rings is 1. The van der Waals surface area contributed by atoms with Crippen LogP contribution in [0.3, 0.4) is 0 Å². The summed E-state index contributed by atoms with van der Waals surface area (Å²) in [5.41, 5.74) is 0.102. The Balaban J connectivity index is 1.94. The van der Waals surface area contributed by atoms with Crippen LogP contribution < -0.4 is 4.90 Å². The van der Waals surface area contributed by atoms with Crippen LogP contribution >= 0.6 is 34.8 Å². The number of hydrogen-bond donors (Lipinski definition) is 0. The number of ether oxygens (including phenoxy) is 1. The Kier molecular flexibility index (Phi) is 5.97. The van der Waals surface area contributed by atoms with Crippen LogP contribution in [-0.4, -0.2) is 28.9 Å². The van der Waals surface area contributed by atoms with Gasteiger partial charge in [0.15, 0.2) is 6.10 Å². The summed E-state index contributed by atoms with van der Waals surface area (Å²) in [7, 11) is 0. The highest BCUT2D eigenvalue weighted by Crippen LogP contribution is 2.44. The van der Waals surface area contributed by atoms with Crippen LogP contribution in [-0.2, 0) is 11.3 Å². The third-order valence-electron chi connectivity index (χ3n) is 4.88. The molecule has 0 saturated carbocycles. The summed E-state index contributed by atoms with van der Waals surface area (Å²) in [6.07, 6.45) is -7.38. The van der Waals surface area contributed by atoms with E-state index in [2.05, 4.69) is 9.72 Å². The van der Waals surface area contributed by atoms with Gasteiger partial charge in [-0.1, -0.05) is 40.9 Å². The molecule has 0 aliphatic carbocycles. The third kappa shape index (κ3) is 4.16. The minimum atomic E-state index is -5.07. The number of nitrogens with zero attached hydrogens (tertiary/aromatic N) is 3. The van der Waals surface area contributed by atoms with Crippen molar-refractivity contribution in [1.29, 1.82) is 0 Å². The van der Waals surface area contributed by atoms with E-state index in [4.69, 9.17) is 34.8 Å². The largest absolute Gasteiger partial charge is 0.419 e. The highest BCUT2D eigenvalue weighted by molar-refractivity contribution is 6.36. The maximum Gasteiger partial charge on any atom is 0.419 e. The molecule has 166 valence electrons. The molecule has 12 heteroatoms. The van der Waals surface area contributed by atoms with Crippen LogP contribution in [0.1, 0.15) is 18.1 Å². The number of halogens is 8. The smallest absolute Gasteiger partial charge is 0.310 e. The SMILES string of the molecule is FC(F)OC(c1ccc(Cl)c2nc3n(c12)CCCN3c1ccc(Cl)cc1Cl)C(F)(F)F. The van der Waals surface area contributed by atoms with Crippen LogP contribution in [0.2, 0.25) is 15.1 Å². The molecule has 2 aromatic carbocycles. The van der Waals surface area contributed by atoms with Crippen LogP contribution in [0.15, 0.2) is 30.3 Å². The van der Waals surface area contributed by atoms with Gasteiger partial charge in [0, 0.05) is 23.7 Å². The monoisotopic (exact) mass is 499 g/mol. The van der Waals surface area contributed by atoms with Crippen LogP contribution in [0.5, 0.6) is 0 Å². The topological polar surface area (TPSA) is 30.3 Å². The van der Waals surface area contributed by atoms with E-state index >= 15 is 0 Å². The maximum absolute atomic E-state index is 13.6. The van der Waals surface area contributed by atoms with Crippen molar-refractivity contribution < 1.29 is 26.7 Å². The van der Waals surface area contributed by atoms with Crippen molar-refractivity contribution in [3.63, 3.8) is 0 Å². The van der Waals surface area contributed by atoms with Crippen molar-refractivity contribution in [1.82, 2.24) is 9.55 Å². The van der Waals surface area contributed by atoms with Gasteiger partial charge in [-0.15, -0.1) is 0 Å². The zero-order valence-electron chi connectivity index (χ0n) is 15.4. The fourth-order valence-electron chi connectivity index (χ4n) is 3.70. The molecule has 0 fully saturated rings. The molecule has 0 spiro atoms. The number of aromatic nitrogens is 2. The molecule has 0 N–H and O–H groups in total. The molecular formula is C19H13Cl3F5N3O. The Morgan fingerprint density at radius 2 is 1.74 bits per heavy atom. The Morgan fingerprint density at radius 1 is 1.00 bits per heavy atom. The van der Waals surface area contributed by atoms with Crippen molar-refractivity contribution in [3.05, 3.63) is 51.0 Å². The van der Waals surface area contributed by atoms with Gasteiger partial charge in [0.25, 0.3) is 0 Å². The molecule has 2 heterocycles. The molecular weight excluding hydrogens is 488 g/mol. The van der Waals surface area contributed by atoms with Gasteiger partial charge >= 0.3 is 12.8 Å². The predicted octanol–water partition coefficient (Wildman–Crippen LogP) is 7.38. The number of aryl methyl sites for hydroxylation is 1. The molecule has 3 aromatic rings. The van der Waals surface area contributed by atoms with E-state index in [-0.39, 0.29) is 22.0 Å². The van der Waals surface area contributed by atoms with E-state index in [1.54, 1.807) is 17.0 Å². The van der Waals surface area contributed by atoms with Crippen molar-refractivity contribution >= 4 is 57.5 Å². The second-order valence-electron chi connectivity index (χ2n) is 6.82.